The number of fused-ring (bicyclic) bond motifs is 1. The number of nitrogens with one attached hydrogen (secondary N) is 1. The second-order valence-corrected chi connectivity index (χ2v) is 5.90. The molecule has 0 atom stereocenters. The fraction of sp³-hybridized carbons (Fsp3) is 0.111. The molecule has 0 saturated heterocycles. The molecule has 0 radical (unpaired) electrons. The Kier molecular flexibility index (Phi) is 4.85. The lowest BCUT2D eigenvalue weighted by Gasteiger charge is -2.19. The van der Waals surface area contributed by atoms with E-state index in [1.807, 2.05) is 29.2 Å². The van der Waals surface area contributed by atoms with Crippen LogP contribution in [0.4, 0.5) is 11.4 Å². The number of non-ortho nitro benzene ring substituents is 1. The Labute approximate surface area is 149 Å². The number of rotatable bonds is 3. The molecule has 6 nitrogen and oxygen atoms in total. The number of nitro benzene ring substituents is 1. The van der Waals surface area contributed by atoms with E-state index in [1.165, 1.54) is 29.8 Å². The predicted octanol–water partition coefficient (Wildman–Crippen LogP) is 3.07. The molecule has 1 amide bonds. The summed E-state index contributed by atoms with van der Waals surface area (Å²) in [7, 11) is 0. The minimum Gasteiger partial charge on any atom is -0.318 e. The molecule has 126 valence electrons. The zero-order valence-corrected chi connectivity index (χ0v) is 14.0. The van der Waals surface area contributed by atoms with Gasteiger partial charge in [0, 0.05) is 30.4 Å². The smallest absolute Gasteiger partial charge is 0.270 e. The lowest BCUT2D eigenvalue weighted by atomic mass is 10.2. The van der Waals surface area contributed by atoms with Gasteiger partial charge in [0.25, 0.3) is 5.69 Å². The highest BCUT2D eigenvalue weighted by molar-refractivity contribution is 7.80. The molecular formula is C18H15N3O3S. The van der Waals surface area contributed by atoms with Gasteiger partial charge in [-0.1, -0.05) is 30.3 Å². The van der Waals surface area contributed by atoms with Crippen molar-refractivity contribution in [1.29, 1.82) is 0 Å². The third-order valence-corrected chi connectivity index (χ3v) is 4.19. The summed E-state index contributed by atoms with van der Waals surface area (Å²) in [4.78, 5) is 24.3. The lowest BCUT2D eigenvalue weighted by molar-refractivity contribution is -0.384. The molecule has 0 bridgehead atoms. The summed E-state index contributed by atoms with van der Waals surface area (Å²) in [5.74, 6) is -0.374. The van der Waals surface area contributed by atoms with Crippen molar-refractivity contribution in [2.75, 3.05) is 11.4 Å². The van der Waals surface area contributed by atoms with Crippen molar-refractivity contribution < 1.29 is 9.72 Å². The third kappa shape index (κ3) is 3.89. The number of anilines is 1. The quantitative estimate of drug-likeness (QED) is 0.397. The second kappa shape index (κ2) is 7.23. The molecule has 1 N–H and O–H groups in total. The van der Waals surface area contributed by atoms with Crippen molar-refractivity contribution in [3.05, 3.63) is 75.8 Å². The molecule has 0 saturated carbocycles. The van der Waals surface area contributed by atoms with Crippen LogP contribution in [0.3, 0.4) is 0 Å². The molecule has 0 spiro atoms. The number of nitrogens with zero attached hydrogens (tertiary/aromatic N) is 2. The summed E-state index contributed by atoms with van der Waals surface area (Å²) in [5, 5.41) is 13.8. The first-order valence-corrected chi connectivity index (χ1v) is 8.08. The normalized spacial score (nSPS) is 12.9. The van der Waals surface area contributed by atoms with Crippen molar-refractivity contribution >= 4 is 40.7 Å². The molecule has 0 aromatic heterocycles. The van der Waals surface area contributed by atoms with Crippen LogP contribution in [0.2, 0.25) is 0 Å². The first-order chi connectivity index (χ1) is 12.0. The second-order valence-electron chi connectivity index (χ2n) is 5.51. The molecule has 0 aliphatic carbocycles. The van der Waals surface area contributed by atoms with Gasteiger partial charge in [0.05, 0.1) is 4.92 Å². The summed E-state index contributed by atoms with van der Waals surface area (Å²) in [5.41, 5.74) is 2.76. The standard InChI is InChI=1S/C18H15N3O3S/c22-17(9-8-13-4-3-6-15(12-13)21(23)24)19-18(25)20-11-10-14-5-1-2-7-16(14)20/h1-9,12H,10-11H2,(H,19,22,25)/b9-8+. The number of carbonyl (C=O) groups excluding carboxylic acids is 1. The Morgan fingerprint density at radius 2 is 2.04 bits per heavy atom. The number of benzene rings is 2. The van der Waals surface area contributed by atoms with E-state index in [0.29, 0.717) is 10.7 Å². The highest BCUT2D eigenvalue weighted by Crippen LogP contribution is 2.27. The summed E-state index contributed by atoms with van der Waals surface area (Å²) in [6, 6.07) is 14.0. The fourth-order valence-corrected chi connectivity index (χ4v) is 2.97. The van der Waals surface area contributed by atoms with Gasteiger partial charge >= 0.3 is 0 Å². The fourth-order valence-electron chi connectivity index (χ4n) is 2.68. The Balaban J connectivity index is 1.64. The van der Waals surface area contributed by atoms with E-state index in [4.69, 9.17) is 12.2 Å². The Morgan fingerprint density at radius 3 is 2.84 bits per heavy atom. The van der Waals surface area contributed by atoms with Gasteiger partial charge in [-0.25, -0.2) is 0 Å². The summed E-state index contributed by atoms with van der Waals surface area (Å²) in [6.45, 7) is 0.729. The first kappa shape index (κ1) is 16.8. The van der Waals surface area contributed by atoms with E-state index in [0.717, 1.165) is 18.7 Å². The average molecular weight is 353 g/mol. The van der Waals surface area contributed by atoms with Gasteiger partial charge in [-0.2, -0.15) is 0 Å². The molecule has 0 unspecified atom stereocenters. The topological polar surface area (TPSA) is 75.5 Å². The van der Waals surface area contributed by atoms with Gasteiger partial charge in [0.2, 0.25) is 5.91 Å². The van der Waals surface area contributed by atoms with Gasteiger partial charge < -0.3 is 4.90 Å². The zero-order chi connectivity index (χ0) is 17.8. The number of hydrogen-bond acceptors (Lipinski definition) is 4. The largest absolute Gasteiger partial charge is 0.318 e. The van der Waals surface area contributed by atoms with Crippen LogP contribution in [0.1, 0.15) is 11.1 Å². The van der Waals surface area contributed by atoms with Gasteiger partial charge in [-0.3, -0.25) is 20.2 Å². The molecule has 3 rings (SSSR count). The SMILES string of the molecule is O=C(/C=C/c1cccc([N+](=O)[O-])c1)NC(=S)N1CCc2ccccc21. The third-order valence-electron chi connectivity index (χ3n) is 3.87. The van der Waals surface area contributed by atoms with Crippen LogP contribution in [-0.2, 0) is 11.2 Å². The maximum Gasteiger partial charge on any atom is 0.270 e. The van der Waals surface area contributed by atoms with Crippen LogP contribution in [0.5, 0.6) is 0 Å². The zero-order valence-electron chi connectivity index (χ0n) is 13.2. The van der Waals surface area contributed by atoms with Crippen molar-refractivity contribution in [2.45, 2.75) is 6.42 Å². The molecule has 1 heterocycles. The molecule has 25 heavy (non-hydrogen) atoms. The number of nitro groups is 1. The minimum absolute atomic E-state index is 0.0215. The van der Waals surface area contributed by atoms with Crippen molar-refractivity contribution in [2.24, 2.45) is 0 Å². The van der Waals surface area contributed by atoms with Crippen LogP contribution in [-0.4, -0.2) is 22.5 Å². The number of thiocarbonyl (C=S) groups is 1. The molecule has 1 aliphatic rings. The highest BCUT2D eigenvalue weighted by Gasteiger charge is 2.22. The predicted molar refractivity (Wildman–Crippen MR) is 100 cm³/mol. The Morgan fingerprint density at radius 1 is 1.24 bits per heavy atom. The monoisotopic (exact) mass is 353 g/mol. The van der Waals surface area contributed by atoms with Gasteiger partial charge in [-0.05, 0) is 41.9 Å². The van der Waals surface area contributed by atoms with Gasteiger partial charge in [0.15, 0.2) is 5.11 Å². The maximum atomic E-state index is 12.1. The van der Waals surface area contributed by atoms with Crippen LogP contribution in [0, 0.1) is 10.1 Å². The summed E-state index contributed by atoms with van der Waals surface area (Å²) >= 11 is 5.32. The van der Waals surface area contributed by atoms with E-state index in [2.05, 4.69) is 5.32 Å². The van der Waals surface area contributed by atoms with Crippen molar-refractivity contribution in [3.63, 3.8) is 0 Å². The molecule has 1 aliphatic heterocycles. The average Bonchev–Trinajstić information content (AvgIpc) is 3.04. The van der Waals surface area contributed by atoms with Crippen LogP contribution in [0.15, 0.2) is 54.6 Å². The van der Waals surface area contributed by atoms with E-state index in [9.17, 15) is 14.9 Å². The van der Waals surface area contributed by atoms with Crippen LogP contribution < -0.4 is 10.2 Å². The summed E-state index contributed by atoms with van der Waals surface area (Å²) in [6.07, 6.45) is 3.71. The lowest BCUT2D eigenvalue weighted by Crippen LogP contribution is -2.41. The Bertz CT molecular complexity index is 879. The number of hydrogen-bond donors (Lipinski definition) is 1. The molecule has 7 heteroatoms. The number of para-hydroxylation sites is 1. The Hall–Kier alpha value is -3.06. The van der Waals surface area contributed by atoms with E-state index in [-0.39, 0.29) is 11.6 Å². The molecule has 2 aromatic rings. The maximum absolute atomic E-state index is 12.1. The highest BCUT2D eigenvalue weighted by atomic mass is 32.1. The first-order valence-electron chi connectivity index (χ1n) is 7.67. The van der Waals surface area contributed by atoms with Gasteiger partial charge in [-0.15, -0.1) is 0 Å². The minimum atomic E-state index is -0.475. The van der Waals surface area contributed by atoms with Gasteiger partial charge in [0.1, 0.15) is 0 Å². The van der Waals surface area contributed by atoms with Crippen LogP contribution >= 0.6 is 12.2 Å². The van der Waals surface area contributed by atoms with Crippen LogP contribution in [0.25, 0.3) is 6.08 Å². The number of amides is 1. The van der Waals surface area contributed by atoms with E-state index < -0.39 is 4.92 Å². The summed E-state index contributed by atoms with van der Waals surface area (Å²) < 4.78 is 0. The number of carbonyl (C=O) groups is 1. The van der Waals surface area contributed by atoms with E-state index in [1.54, 1.807) is 12.1 Å². The van der Waals surface area contributed by atoms with E-state index >= 15 is 0 Å². The molecule has 2 aromatic carbocycles. The molecule has 0 fully saturated rings. The molecular weight excluding hydrogens is 338 g/mol. The van der Waals surface area contributed by atoms with Crippen molar-refractivity contribution in [1.82, 2.24) is 5.32 Å². The van der Waals surface area contributed by atoms with Crippen molar-refractivity contribution in [3.8, 4) is 0 Å².